The third-order valence-corrected chi connectivity index (χ3v) is 6.60. The maximum Gasteiger partial charge on any atom is 0.333 e. The SMILES string of the molecule is CCOC(=O)C1(CC)CN(C(=O)c2ccccc2COc2ccccc2)c2cc(C)c(C)cc2N1. The number of ether oxygens (including phenoxy) is 2. The first-order chi connectivity index (χ1) is 16.9. The number of amides is 1. The van der Waals surface area contributed by atoms with Crippen LogP contribution in [0.2, 0.25) is 0 Å². The Morgan fingerprint density at radius 1 is 0.971 bits per heavy atom. The molecule has 0 radical (unpaired) electrons. The number of carbonyl (C=O) groups excluding carboxylic acids is 2. The first-order valence-corrected chi connectivity index (χ1v) is 12.0. The zero-order chi connectivity index (χ0) is 25.0. The lowest BCUT2D eigenvalue weighted by Crippen LogP contribution is -2.59. The van der Waals surface area contributed by atoms with E-state index < -0.39 is 5.54 Å². The van der Waals surface area contributed by atoms with Gasteiger partial charge in [-0.3, -0.25) is 4.79 Å². The number of fused-ring (bicyclic) bond motifs is 1. The zero-order valence-corrected chi connectivity index (χ0v) is 20.8. The molecule has 35 heavy (non-hydrogen) atoms. The number of carbonyl (C=O) groups is 2. The molecule has 1 aliphatic heterocycles. The summed E-state index contributed by atoms with van der Waals surface area (Å²) in [5.74, 6) is 0.205. The van der Waals surface area contributed by atoms with Gasteiger partial charge in [-0.25, -0.2) is 4.79 Å². The van der Waals surface area contributed by atoms with Crippen LogP contribution in [-0.4, -0.2) is 30.6 Å². The van der Waals surface area contributed by atoms with Crippen molar-refractivity contribution in [2.75, 3.05) is 23.4 Å². The lowest BCUT2D eigenvalue weighted by atomic mass is 9.90. The van der Waals surface area contributed by atoms with Crippen molar-refractivity contribution in [3.63, 3.8) is 0 Å². The maximum atomic E-state index is 14.1. The summed E-state index contributed by atoms with van der Waals surface area (Å²) in [4.78, 5) is 28.9. The fourth-order valence-electron chi connectivity index (χ4n) is 4.37. The molecule has 182 valence electrons. The van der Waals surface area contributed by atoms with E-state index in [1.165, 1.54) is 0 Å². The molecule has 0 saturated carbocycles. The average molecular weight is 473 g/mol. The monoisotopic (exact) mass is 472 g/mol. The highest BCUT2D eigenvalue weighted by Gasteiger charge is 2.46. The van der Waals surface area contributed by atoms with Gasteiger partial charge in [0.25, 0.3) is 5.91 Å². The van der Waals surface area contributed by atoms with Crippen molar-refractivity contribution in [3.8, 4) is 5.75 Å². The van der Waals surface area contributed by atoms with Gasteiger partial charge in [-0.05, 0) is 68.7 Å². The normalized spacial score (nSPS) is 16.7. The van der Waals surface area contributed by atoms with Crippen LogP contribution in [0.25, 0.3) is 0 Å². The number of hydrogen-bond acceptors (Lipinski definition) is 5. The number of nitrogens with one attached hydrogen (secondary N) is 1. The molecule has 0 spiro atoms. The summed E-state index contributed by atoms with van der Waals surface area (Å²) >= 11 is 0. The van der Waals surface area contributed by atoms with Crippen molar-refractivity contribution in [2.24, 2.45) is 0 Å². The smallest absolute Gasteiger partial charge is 0.333 e. The van der Waals surface area contributed by atoms with Gasteiger partial charge in [-0.1, -0.05) is 43.3 Å². The van der Waals surface area contributed by atoms with E-state index in [2.05, 4.69) is 5.32 Å². The van der Waals surface area contributed by atoms with Crippen LogP contribution in [0.4, 0.5) is 11.4 Å². The Bertz CT molecular complexity index is 1220. The molecule has 6 heteroatoms. The molecule has 1 unspecified atom stereocenters. The minimum absolute atomic E-state index is 0.171. The van der Waals surface area contributed by atoms with Crippen LogP contribution in [0.1, 0.15) is 47.3 Å². The molecule has 0 saturated heterocycles. The van der Waals surface area contributed by atoms with Crippen LogP contribution in [0.15, 0.2) is 66.7 Å². The zero-order valence-electron chi connectivity index (χ0n) is 20.8. The molecule has 1 amide bonds. The van der Waals surface area contributed by atoms with Crippen molar-refractivity contribution in [1.82, 2.24) is 0 Å². The van der Waals surface area contributed by atoms with Crippen LogP contribution >= 0.6 is 0 Å². The van der Waals surface area contributed by atoms with Crippen LogP contribution < -0.4 is 15.0 Å². The Balaban J connectivity index is 1.73. The van der Waals surface area contributed by atoms with Crippen LogP contribution in [0, 0.1) is 13.8 Å². The van der Waals surface area contributed by atoms with E-state index >= 15 is 0 Å². The van der Waals surface area contributed by atoms with Gasteiger partial charge in [-0.2, -0.15) is 0 Å². The number of nitrogens with zero attached hydrogens (tertiary/aromatic N) is 1. The highest BCUT2D eigenvalue weighted by molar-refractivity contribution is 6.10. The summed E-state index contributed by atoms with van der Waals surface area (Å²) in [5, 5.41) is 3.42. The highest BCUT2D eigenvalue weighted by Crippen LogP contribution is 2.39. The summed E-state index contributed by atoms with van der Waals surface area (Å²) < 4.78 is 11.4. The summed E-state index contributed by atoms with van der Waals surface area (Å²) in [5.41, 5.74) is 3.95. The summed E-state index contributed by atoms with van der Waals surface area (Å²) in [6.45, 7) is 8.46. The van der Waals surface area contributed by atoms with E-state index in [0.29, 0.717) is 12.0 Å². The second kappa shape index (κ2) is 10.2. The standard InChI is InChI=1S/C29H32N2O4/c1-5-29(28(33)34-6-2)19-31(26-17-21(4)20(3)16-25(26)30-29)27(32)24-15-11-10-12-22(24)18-35-23-13-8-7-9-14-23/h7-17,30H,5-6,18-19H2,1-4H3. The predicted molar refractivity (Wildman–Crippen MR) is 138 cm³/mol. The van der Waals surface area contributed by atoms with E-state index in [4.69, 9.17) is 9.47 Å². The van der Waals surface area contributed by atoms with Crippen molar-refractivity contribution in [2.45, 2.75) is 46.3 Å². The topological polar surface area (TPSA) is 67.9 Å². The van der Waals surface area contributed by atoms with Gasteiger partial charge in [0.1, 0.15) is 12.4 Å². The molecule has 3 aromatic carbocycles. The lowest BCUT2D eigenvalue weighted by molar-refractivity contribution is -0.148. The molecule has 0 aromatic heterocycles. The van der Waals surface area contributed by atoms with Crippen LogP contribution in [0.3, 0.4) is 0 Å². The molecule has 0 fully saturated rings. The van der Waals surface area contributed by atoms with E-state index in [-0.39, 0.29) is 31.6 Å². The van der Waals surface area contributed by atoms with Crippen molar-refractivity contribution < 1.29 is 19.1 Å². The van der Waals surface area contributed by atoms with Gasteiger partial charge in [0.2, 0.25) is 0 Å². The Kier molecular flexibility index (Phi) is 7.10. The number of para-hydroxylation sites is 1. The number of esters is 1. The maximum absolute atomic E-state index is 14.1. The van der Waals surface area contributed by atoms with Crippen molar-refractivity contribution in [1.29, 1.82) is 0 Å². The minimum atomic E-state index is -1.03. The molecule has 1 heterocycles. The third kappa shape index (κ3) is 4.87. The van der Waals surface area contributed by atoms with E-state index in [1.54, 1.807) is 11.8 Å². The van der Waals surface area contributed by atoms with Crippen molar-refractivity contribution >= 4 is 23.3 Å². The molecule has 4 rings (SSSR count). The summed E-state index contributed by atoms with van der Waals surface area (Å²) in [6, 6.07) is 21.0. The fourth-order valence-corrected chi connectivity index (χ4v) is 4.37. The molecule has 0 aliphatic carbocycles. The van der Waals surface area contributed by atoms with E-state index in [0.717, 1.165) is 33.8 Å². The van der Waals surface area contributed by atoms with Gasteiger partial charge in [0.05, 0.1) is 24.5 Å². The third-order valence-electron chi connectivity index (χ3n) is 6.60. The minimum Gasteiger partial charge on any atom is -0.489 e. The molecule has 1 aliphatic rings. The summed E-state index contributed by atoms with van der Waals surface area (Å²) in [7, 11) is 0. The lowest BCUT2D eigenvalue weighted by Gasteiger charge is -2.43. The average Bonchev–Trinajstić information content (AvgIpc) is 2.88. The number of hydrogen-bond donors (Lipinski definition) is 1. The first kappa shape index (κ1) is 24.3. The molecule has 6 nitrogen and oxygen atoms in total. The molecule has 1 N–H and O–H groups in total. The predicted octanol–water partition coefficient (Wildman–Crippen LogP) is 5.67. The quantitative estimate of drug-likeness (QED) is 0.449. The molecule has 3 aromatic rings. The number of benzene rings is 3. The van der Waals surface area contributed by atoms with Gasteiger partial charge in [0, 0.05) is 11.1 Å². The summed E-state index contributed by atoms with van der Waals surface area (Å²) in [6.07, 6.45) is 0.473. The number of rotatable bonds is 7. The van der Waals surface area contributed by atoms with E-state index in [1.807, 2.05) is 87.5 Å². The highest BCUT2D eigenvalue weighted by atomic mass is 16.5. The largest absolute Gasteiger partial charge is 0.489 e. The first-order valence-electron chi connectivity index (χ1n) is 12.0. The Morgan fingerprint density at radius 3 is 2.37 bits per heavy atom. The van der Waals surface area contributed by atoms with Crippen LogP contribution in [-0.2, 0) is 16.1 Å². The Hall–Kier alpha value is -3.80. The van der Waals surface area contributed by atoms with Crippen molar-refractivity contribution in [3.05, 3.63) is 89.0 Å². The molecule has 1 atom stereocenters. The van der Waals surface area contributed by atoms with Crippen LogP contribution in [0.5, 0.6) is 5.75 Å². The number of aryl methyl sites for hydroxylation is 2. The second-order valence-electron chi connectivity index (χ2n) is 8.88. The van der Waals surface area contributed by atoms with Gasteiger partial charge >= 0.3 is 5.97 Å². The molecule has 0 bridgehead atoms. The van der Waals surface area contributed by atoms with E-state index in [9.17, 15) is 9.59 Å². The fraction of sp³-hybridized carbons (Fsp3) is 0.310. The van der Waals surface area contributed by atoms with Gasteiger partial charge in [-0.15, -0.1) is 0 Å². The van der Waals surface area contributed by atoms with Gasteiger partial charge < -0.3 is 19.7 Å². The number of anilines is 2. The second-order valence-corrected chi connectivity index (χ2v) is 8.88. The molecular formula is C29H32N2O4. The molecular weight excluding hydrogens is 440 g/mol. The Labute approximate surface area is 206 Å². The van der Waals surface area contributed by atoms with Gasteiger partial charge in [0.15, 0.2) is 5.54 Å². The Morgan fingerprint density at radius 2 is 1.66 bits per heavy atom.